The number of anilines is 1. The molecule has 0 unspecified atom stereocenters. The van der Waals surface area contributed by atoms with E-state index in [1.807, 2.05) is 24.3 Å². The highest BCUT2D eigenvalue weighted by Crippen LogP contribution is 2.30. The van der Waals surface area contributed by atoms with Gasteiger partial charge in [0, 0.05) is 39.3 Å². The van der Waals surface area contributed by atoms with Crippen LogP contribution in [0.15, 0.2) is 59.6 Å². The van der Waals surface area contributed by atoms with Gasteiger partial charge in [0.15, 0.2) is 0 Å². The third-order valence-electron chi connectivity index (χ3n) is 3.56. The van der Waals surface area contributed by atoms with Crippen molar-refractivity contribution in [3.05, 3.63) is 59.8 Å². The quantitative estimate of drug-likeness (QED) is 0.657. The van der Waals surface area contributed by atoms with Gasteiger partial charge in [-0.2, -0.15) is 0 Å². The van der Waals surface area contributed by atoms with Crippen LogP contribution in [-0.4, -0.2) is 16.2 Å². The molecule has 3 nitrogen and oxygen atoms in total. The molecule has 3 rings (SSSR count). The molecule has 118 valence electrons. The first-order valence-corrected chi connectivity index (χ1v) is 8.80. The lowest BCUT2D eigenvalue weighted by atomic mass is 10.2. The fraction of sp³-hybridized carbons (Fsp3) is 0.167. The van der Waals surface area contributed by atoms with Crippen LogP contribution in [0.5, 0.6) is 0 Å². The van der Waals surface area contributed by atoms with Crippen molar-refractivity contribution in [2.75, 3.05) is 11.1 Å². The highest BCUT2D eigenvalue weighted by atomic mass is 35.5. The number of nitrogens with one attached hydrogen (secondary N) is 1. The number of carbonyl (C=O) groups is 1. The lowest BCUT2D eigenvalue weighted by Gasteiger charge is -2.05. The fourth-order valence-corrected chi connectivity index (χ4v) is 3.58. The number of hydrogen-bond acceptors (Lipinski definition) is 2. The summed E-state index contributed by atoms with van der Waals surface area (Å²) in [4.78, 5) is 13.3. The minimum Gasteiger partial charge on any atom is -0.347 e. The van der Waals surface area contributed by atoms with Gasteiger partial charge in [0.25, 0.3) is 0 Å². The molecular weight excluding hydrogens is 328 g/mol. The first-order valence-electron chi connectivity index (χ1n) is 7.43. The zero-order valence-corrected chi connectivity index (χ0v) is 14.3. The Hall–Kier alpha value is -1.91. The van der Waals surface area contributed by atoms with Gasteiger partial charge in [0.2, 0.25) is 5.91 Å². The second-order valence-electron chi connectivity index (χ2n) is 5.14. The molecule has 0 atom stereocenters. The van der Waals surface area contributed by atoms with Gasteiger partial charge in [-0.05, 0) is 31.2 Å². The highest BCUT2D eigenvalue weighted by Gasteiger charge is 2.10. The third-order valence-corrected chi connectivity index (χ3v) is 4.84. The summed E-state index contributed by atoms with van der Waals surface area (Å²) in [7, 11) is 0. The van der Waals surface area contributed by atoms with Gasteiger partial charge in [-0.15, -0.1) is 11.8 Å². The molecule has 0 aliphatic heterocycles. The molecular formula is C18H17ClN2OS. The van der Waals surface area contributed by atoms with Crippen molar-refractivity contribution in [3.8, 4) is 0 Å². The van der Waals surface area contributed by atoms with Gasteiger partial charge in [0.05, 0.1) is 5.75 Å². The van der Waals surface area contributed by atoms with Gasteiger partial charge >= 0.3 is 0 Å². The van der Waals surface area contributed by atoms with Crippen LogP contribution in [0.2, 0.25) is 5.02 Å². The van der Waals surface area contributed by atoms with Crippen LogP contribution in [0, 0.1) is 0 Å². The van der Waals surface area contributed by atoms with Gasteiger partial charge in [-0.1, -0.05) is 35.9 Å². The normalized spacial score (nSPS) is 10.9. The Morgan fingerprint density at radius 2 is 2.04 bits per heavy atom. The first kappa shape index (κ1) is 16.0. The molecule has 1 amide bonds. The van der Waals surface area contributed by atoms with E-state index in [0.29, 0.717) is 10.8 Å². The van der Waals surface area contributed by atoms with Gasteiger partial charge < -0.3 is 9.88 Å². The largest absolute Gasteiger partial charge is 0.347 e. The highest BCUT2D eigenvalue weighted by molar-refractivity contribution is 8.00. The first-order chi connectivity index (χ1) is 11.2. The van der Waals surface area contributed by atoms with Crippen LogP contribution in [0.1, 0.15) is 6.92 Å². The van der Waals surface area contributed by atoms with E-state index in [2.05, 4.69) is 35.1 Å². The van der Waals surface area contributed by atoms with Gasteiger partial charge in [-0.3, -0.25) is 4.79 Å². The Kier molecular flexibility index (Phi) is 4.94. The van der Waals surface area contributed by atoms with Crippen LogP contribution in [-0.2, 0) is 11.3 Å². The predicted molar refractivity (Wildman–Crippen MR) is 98.4 cm³/mol. The van der Waals surface area contributed by atoms with E-state index in [4.69, 9.17) is 11.6 Å². The molecule has 23 heavy (non-hydrogen) atoms. The number of aromatic nitrogens is 1. The summed E-state index contributed by atoms with van der Waals surface area (Å²) in [5, 5.41) is 4.67. The summed E-state index contributed by atoms with van der Waals surface area (Å²) in [6.45, 7) is 3.03. The second-order valence-corrected chi connectivity index (χ2v) is 6.60. The van der Waals surface area contributed by atoms with Crippen molar-refractivity contribution in [1.82, 2.24) is 4.57 Å². The Bertz CT molecular complexity index is 844. The van der Waals surface area contributed by atoms with E-state index < -0.39 is 0 Å². The van der Waals surface area contributed by atoms with Crippen LogP contribution >= 0.6 is 23.4 Å². The monoisotopic (exact) mass is 344 g/mol. The van der Waals surface area contributed by atoms with E-state index in [0.717, 1.165) is 17.1 Å². The number of hydrogen-bond donors (Lipinski definition) is 1. The smallest absolute Gasteiger partial charge is 0.234 e. The number of thioether (sulfide) groups is 1. The summed E-state index contributed by atoms with van der Waals surface area (Å²) in [5.74, 6) is 0.329. The molecule has 0 aliphatic carbocycles. The number of fused-ring (bicyclic) bond motifs is 1. The third kappa shape index (κ3) is 3.71. The van der Waals surface area contributed by atoms with Crippen molar-refractivity contribution < 1.29 is 4.79 Å². The topological polar surface area (TPSA) is 34.0 Å². The molecule has 0 fully saturated rings. The molecule has 0 aliphatic rings. The summed E-state index contributed by atoms with van der Waals surface area (Å²) < 4.78 is 2.20. The average molecular weight is 345 g/mol. The number of benzene rings is 2. The molecule has 2 aromatic carbocycles. The van der Waals surface area contributed by atoms with Crippen molar-refractivity contribution in [2.45, 2.75) is 18.4 Å². The van der Waals surface area contributed by atoms with Crippen LogP contribution in [0.25, 0.3) is 10.9 Å². The van der Waals surface area contributed by atoms with Crippen molar-refractivity contribution in [3.63, 3.8) is 0 Å². The Morgan fingerprint density at radius 3 is 2.83 bits per heavy atom. The number of nitrogens with zero attached hydrogens (tertiary/aromatic N) is 1. The molecule has 0 saturated carbocycles. The minimum atomic E-state index is -0.0365. The molecule has 0 spiro atoms. The van der Waals surface area contributed by atoms with Crippen LogP contribution in [0.3, 0.4) is 0 Å². The predicted octanol–water partition coefficient (Wildman–Crippen LogP) is 5.05. The number of amides is 1. The van der Waals surface area contributed by atoms with Crippen molar-refractivity contribution in [1.29, 1.82) is 0 Å². The van der Waals surface area contributed by atoms with Crippen molar-refractivity contribution >= 4 is 45.9 Å². The summed E-state index contributed by atoms with van der Waals surface area (Å²) >= 11 is 7.48. The van der Waals surface area contributed by atoms with E-state index in [1.165, 1.54) is 10.9 Å². The number of halogens is 1. The molecule has 3 aromatic rings. The van der Waals surface area contributed by atoms with E-state index in [1.54, 1.807) is 23.9 Å². The number of aryl methyl sites for hydroxylation is 1. The summed E-state index contributed by atoms with van der Waals surface area (Å²) in [6.07, 6.45) is 2.11. The van der Waals surface area contributed by atoms with Crippen LogP contribution < -0.4 is 5.32 Å². The maximum atomic E-state index is 12.1. The Morgan fingerprint density at radius 1 is 1.22 bits per heavy atom. The number of carbonyl (C=O) groups excluding carboxylic acids is 1. The molecule has 1 aromatic heterocycles. The molecule has 0 bridgehead atoms. The maximum Gasteiger partial charge on any atom is 0.234 e. The van der Waals surface area contributed by atoms with E-state index in [-0.39, 0.29) is 5.91 Å². The van der Waals surface area contributed by atoms with Gasteiger partial charge in [0.1, 0.15) is 0 Å². The SMILES string of the molecule is CCn1cc(SCC(=O)Nc2cccc(Cl)c2)c2ccccc21. The maximum absolute atomic E-state index is 12.1. The Balaban J connectivity index is 1.70. The van der Waals surface area contributed by atoms with Crippen molar-refractivity contribution in [2.24, 2.45) is 0 Å². The lowest BCUT2D eigenvalue weighted by molar-refractivity contribution is -0.113. The summed E-state index contributed by atoms with van der Waals surface area (Å²) in [6, 6.07) is 15.4. The average Bonchev–Trinajstić information content (AvgIpc) is 2.91. The molecule has 5 heteroatoms. The van der Waals surface area contributed by atoms with Gasteiger partial charge in [-0.25, -0.2) is 0 Å². The molecule has 0 radical (unpaired) electrons. The lowest BCUT2D eigenvalue weighted by Crippen LogP contribution is -2.13. The second kappa shape index (κ2) is 7.11. The van der Waals surface area contributed by atoms with E-state index >= 15 is 0 Å². The molecule has 0 saturated heterocycles. The zero-order valence-electron chi connectivity index (χ0n) is 12.8. The number of rotatable bonds is 5. The van der Waals surface area contributed by atoms with Crippen LogP contribution in [0.4, 0.5) is 5.69 Å². The molecule has 1 heterocycles. The molecule has 1 N–H and O–H groups in total. The standard InChI is InChI=1S/C18H17ClN2OS/c1-2-21-11-17(15-8-3-4-9-16(15)21)23-12-18(22)20-14-7-5-6-13(19)10-14/h3-11H,2,12H2,1H3,(H,20,22). The summed E-state index contributed by atoms with van der Waals surface area (Å²) in [5.41, 5.74) is 1.92. The fourth-order valence-electron chi connectivity index (χ4n) is 2.50. The Labute approximate surface area is 144 Å². The number of para-hydroxylation sites is 1. The zero-order chi connectivity index (χ0) is 16.2. The minimum absolute atomic E-state index is 0.0365. The van der Waals surface area contributed by atoms with E-state index in [9.17, 15) is 4.79 Å².